The first-order chi connectivity index (χ1) is 8.93. The number of aromatic nitrogens is 1. The van der Waals surface area contributed by atoms with Crippen molar-refractivity contribution in [1.82, 2.24) is 4.98 Å². The zero-order valence-electron chi connectivity index (χ0n) is 9.72. The number of carbonyl (C=O) groups is 3. The van der Waals surface area contributed by atoms with Crippen LogP contribution in [0.3, 0.4) is 0 Å². The molecule has 2 atom stereocenters. The predicted molar refractivity (Wildman–Crippen MR) is 57.2 cm³/mol. The lowest BCUT2D eigenvalue weighted by molar-refractivity contribution is -1.12. The van der Waals surface area contributed by atoms with E-state index >= 15 is 0 Å². The highest BCUT2D eigenvalue weighted by Crippen LogP contribution is 2.28. The van der Waals surface area contributed by atoms with E-state index in [-0.39, 0.29) is 12.8 Å². The van der Waals surface area contributed by atoms with Gasteiger partial charge >= 0.3 is 18.0 Å². The van der Waals surface area contributed by atoms with Gasteiger partial charge in [-0.15, -0.1) is 0 Å². The number of imide groups is 1. The molecule has 100 valence electrons. The molecular weight excluding hydrogens is 256 g/mol. The Kier molecular flexibility index (Phi) is 3.28. The molecule has 2 amide bonds. The van der Waals surface area contributed by atoms with E-state index in [1.165, 1.54) is 6.20 Å². The number of hydrogen-bond donors (Lipinski definition) is 2. The maximum absolute atomic E-state index is 11.9. The largest absolute Gasteiger partial charge is 0.561 e. The van der Waals surface area contributed by atoms with Crippen molar-refractivity contribution in [3.63, 3.8) is 0 Å². The normalized spacial score (nSPS) is 26.5. The summed E-state index contributed by atoms with van der Waals surface area (Å²) in [6, 6.07) is 3.39. The molecule has 2 N–H and O–H groups in total. The van der Waals surface area contributed by atoms with Gasteiger partial charge in [0.1, 0.15) is 4.81 Å². The Morgan fingerprint density at radius 2 is 2.26 bits per heavy atom. The monoisotopic (exact) mass is 267 g/mol. The van der Waals surface area contributed by atoms with Crippen molar-refractivity contribution in [2.45, 2.75) is 12.8 Å². The van der Waals surface area contributed by atoms with Crippen LogP contribution in [-0.4, -0.2) is 38.1 Å². The highest BCUT2D eigenvalue weighted by atomic mass is 17.0. The van der Waals surface area contributed by atoms with Crippen molar-refractivity contribution in [2.24, 2.45) is 5.92 Å². The summed E-state index contributed by atoms with van der Waals surface area (Å²) >= 11 is 0. The van der Waals surface area contributed by atoms with Gasteiger partial charge in [0.2, 0.25) is 0 Å². The third-order valence-corrected chi connectivity index (χ3v) is 2.82. The van der Waals surface area contributed by atoms with Gasteiger partial charge in [-0.2, -0.15) is 14.8 Å². The molecule has 0 saturated carbocycles. The molecule has 1 aromatic heterocycles. The number of hydrogen-bond acceptors (Lipinski definition) is 6. The number of rotatable bonds is 3. The zero-order valence-corrected chi connectivity index (χ0v) is 9.72. The summed E-state index contributed by atoms with van der Waals surface area (Å²) in [6.07, 6.45) is 1.09. The minimum absolute atomic E-state index is 0.182. The number of carbonyl (C=O) groups excluding carboxylic acids is 2. The van der Waals surface area contributed by atoms with Gasteiger partial charge in [-0.3, -0.25) is 4.98 Å². The molecule has 1 aliphatic rings. The molecular formula is C11H11N2O6+. The van der Waals surface area contributed by atoms with Gasteiger partial charge in [0.05, 0.1) is 12.3 Å². The van der Waals surface area contributed by atoms with Crippen LogP contribution in [0.1, 0.15) is 12.0 Å². The molecule has 19 heavy (non-hydrogen) atoms. The van der Waals surface area contributed by atoms with Crippen molar-refractivity contribution in [2.75, 3.05) is 0 Å². The Morgan fingerprint density at radius 3 is 2.84 bits per heavy atom. The molecule has 2 heterocycles. The van der Waals surface area contributed by atoms with E-state index in [9.17, 15) is 19.6 Å². The average molecular weight is 267 g/mol. The fourth-order valence-corrected chi connectivity index (χ4v) is 1.96. The molecule has 0 aromatic carbocycles. The Balaban J connectivity index is 2.16. The van der Waals surface area contributed by atoms with Gasteiger partial charge in [-0.05, 0) is 18.1 Å². The number of pyridine rings is 1. The first-order valence-electron chi connectivity index (χ1n) is 5.44. The van der Waals surface area contributed by atoms with Crippen LogP contribution in [-0.2, 0) is 20.8 Å². The minimum Gasteiger partial charge on any atom is -0.446 e. The quantitative estimate of drug-likeness (QED) is 0.466. The van der Waals surface area contributed by atoms with Crippen molar-refractivity contribution >= 4 is 18.0 Å². The SMILES string of the molecule is O=C(O)O[N+]1(O)C(=O)CC(Cc2cccnc2)C1=O. The molecule has 1 saturated heterocycles. The molecule has 0 bridgehead atoms. The lowest BCUT2D eigenvalue weighted by Gasteiger charge is -2.14. The van der Waals surface area contributed by atoms with E-state index in [0.29, 0.717) is 5.56 Å². The smallest absolute Gasteiger partial charge is 0.446 e. The highest BCUT2D eigenvalue weighted by molar-refractivity contribution is 5.92. The van der Waals surface area contributed by atoms with Crippen molar-refractivity contribution in [1.29, 1.82) is 0 Å². The Labute approximate surface area is 107 Å². The van der Waals surface area contributed by atoms with Gasteiger partial charge < -0.3 is 5.11 Å². The third-order valence-electron chi connectivity index (χ3n) is 2.82. The average Bonchev–Trinajstić information content (AvgIpc) is 2.55. The van der Waals surface area contributed by atoms with Gasteiger partial charge in [0, 0.05) is 12.4 Å². The van der Waals surface area contributed by atoms with Crippen molar-refractivity contribution < 1.29 is 34.3 Å². The zero-order chi connectivity index (χ0) is 14.0. The predicted octanol–water partition coefficient (Wildman–Crippen LogP) is 0.513. The number of nitrogens with zero attached hydrogens (tertiary/aromatic N) is 2. The van der Waals surface area contributed by atoms with Gasteiger partial charge in [0.15, 0.2) is 0 Å². The van der Waals surface area contributed by atoms with Gasteiger partial charge in [-0.1, -0.05) is 6.07 Å². The van der Waals surface area contributed by atoms with Gasteiger partial charge in [-0.25, -0.2) is 9.59 Å². The van der Waals surface area contributed by atoms with Gasteiger partial charge in [0.25, 0.3) is 0 Å². The minimum atomic E-state index is -2.14. The maximum atomic E-state index is 11.9. The standard InChI is InChI=1S/C11H10N2O6/c14-9-5-8(4-7-2-1-3-12-6-7)10(15)13(9,18)19-11(16)17/h1-3,6,8,18H,4-5H2/p+1. The second kappa shape index (κ2) is 4.75. The molecule has 8 heteroatoms. The van der Waals surface area contributed by atoms with Crippen LogP contribution in [0.15, 0.2) is 24.5 Å². The fourth-order valence-electron chi connectivity index (χ4n) is 1.96. The molecule has 0 aliphatic carbocycles. The summed E-state index contributed by atoms with van der Waals surface area (Å²) in [4.78, 5) is 39.5. The summed E-state index contributed by atoms with van der Waals surface area (Å²) in [5, 5.41) is 18.1. The fraction of sp³-hybridized carbons (Fsp3) is 0.273. The topological polar surface area (TPSA) is 114 Å². The van der Waals surface area contributed by atoms with Crippen molar-refractivity contribution in [3.8, 4) is 0 Å². The molecule has 2 rings (SSSR count). The van der Waals surface area contributed by atoms with Crippen LogP contribution in [0.25, 0.3) is 0 Å². The summed E-state index contributed by atoms with van der Waals surface area (Å²) in [5.41, 5.74) is 0.706. The van der Waals surface area contributed by atoms with Crippen LogP contribution in [0.5, 0.6) is 0 Å². The van der Waals surface area contributed by atoms with Crippen LogP contribution >= 0.6 is 0 Å². The molecule has 2 unspecified atom stereocenters. The number of hydroxylamine groups is 4. The van der Waals surface area contributed by atoms with E-state index in [2.05, 4.69) is 9.82 Å². The van der Waals surface area contributed by atoms with E-state index in [1.54, 1.807) is 18.3 Å². The van der Waals surface area contributed by atoms with E-state index in [4.69, 9.17) is 5.11 Å². The molecule has 1 fully saturated rings. The summed E-state index contributed by atoms with van der Waals surface area (Å²) in [5.74, 6) is -2.82. The first-order valence-corrected chi connectivity index (χ1v) is 5.44. The number of quaternary nitrogens is 1. The summed E-state index contributed by atoms with van der Waals surface area (Å²) in [7, 11) is 0. The third kappa shape index (κ3) is 2.44. The lowest BCUT2D eigenvalue weighted by Crippen LogP contribution is -2.51. The Hall–Kier alpha value is -2.32. The number of amides is 2. The highest BCUT2D eigenvalue weighted by Gasteiger charge is 2.61. The van der Waals surface area contributed by atoms with E-state index in [1.807, 2.05) is 0 Å². The summed E-state index contributed by atoms with van der Waals surface area (Å²) in [6.45, 7) is 0. The van der Waals surface area contributed by atoms with Crippen LogP contribution < -0.4 is 0 Å². The lowest BCUT2D eigenvalue weighted by atomic mass is 9.99. The maximum Gasteiger partial charge on any atom is 0.561 e. The second-order valence-corrected chi connectivity index (χ2v) is 4.13. The molecule has 0 spiro atoms. The number of carboxylic acid groups (broad SMARTS) is 1. The van der Waals surface area contributed by atoms with Crippen LogP contribution in [0, 0.1) is 5.92 Å². The van der Waals surface area contributed by atoms with Crippen LogP contribution in [0.2, 0.25) is 0 Å². The Bertz CT molecular complexity index is 531. The first kappa shape index (κ1) is 13.1. The van der Waals surface area contributed by atoms with E-state index < -0.39 is 28.7 Å². The molecule has 1 aromatic rings. The second-order valence-electron chi connectivity index (χ2n) is 4.13. The van der Waals surface area contributed by atoms with Crippen molar-refractivity contribution in [3.05, 3.63) is 30.1 Å². The summed E-state index contributed by atoms with van der Waals surface area (Å²) < 4.78 is 0. The van der Waals surface area contributed by atoms with E-state index in [0.717, 1.165) is 0 Å². The molecule has 8 nitrogen and oxygen atoms in total. The van der Waals surface area contributed by atoms with Crippen LogP contribution in [0.4, 0.5) is 4.79 Å². The molecule has 0 radical (unpaired) electrons. The molecule has 1 aliphatic heterocycles. The Morgan fingerprint density at radius 1 is 1.53 bits per heavy atom.